The van der Waals surface area contributed by atoms with Crippen molar-refractivity contribution in [2.24, 2.45) is 34.5 Å². The number of hydrogen-bond acceptors (Lipinski definition) is 6. The van der Waals surface area contributed by atoms with Crippen molar-refractivity contribution in [2.75, 3.05) is 0 Å². The first kappa shape index (κ1) is 24.4. The van der Waals surface area contributed by atoms with Crippen LogP contribution in [-0.2, 0) is 19.0 Å². The second kappa shape index (κ2) is 7.33. The third kappa shape index (κ3) is 3.12. The maximum absolute atomic E-state index is 11.6. The summed E-state index contributed by atoms with van der Waals surface area (Å²) in [6.45, 7) is 12.0. The van der Waals surface area contributed by atoms with Gasteiger partial charge in [0.15, 0.2) is 5.79 Å². The predicted octanol–water partition coefficient (Wildman–Crippen LogP) is 4.51. The van der Waals surface area contributed by atoms with Crippen molar-refractivity contribution < 1.29 is 29.2 Å². The van der Waals surface area contributed by atoms with Crippen molar-refractivity contribution in [2.45, 2.75) is 128 Å². The number of esters is 1. The lowest BCUT2D eigenvalue weighted by Gasteiger charge is -2.59. The van der Waals surface area contributed by atoms with Gasteiger partial charge in [-0.2, -0.15) is 0 Å². The van der Waals surface area contributed by atoms with E-state index in [-0.39, 0.29) is 34.9 Å². The molecule has 6 heteroatoms. The quantitative estimate of drug-likeness (QED) is 0.439. The highest BCUT2D eigenvalue weighted by molar-refractivity contribution is 5.66. The van der Waals surface area contributed by atoms with E-state index in [0.717, 1.165) is 38.5 Å². The molecule has 2 bridgehead atoms. The molecule has 0 aromatic rings. The molecular weight excluding hydrogens is 444 g/mol. The fraction of sp³-hybridized carbons (Fsp3) is 0.897. The molecule has 3 saturated carbocycles. The van der Waals surface area contributed by atoms with Gasteiger partial charge < -0.3 is 24.4 Å². The van der Waals surface area contributed by atoms with Crippen molar-refractivity contribution in [3.63, 3.8) is 0 Å². The van der Waals surface area contributed by atoms with E-state index in [1.165, 1.54) is 18.9 Å². The Kier molecular flexibility index (Phi) is 5.11. The molecule has 5 fully saturated rings. The summed E-state index contributed by atoms with van der Waals surface area (Å²) < 4.78 is 18.9. The molecule has 3 unspecified atom stereocenters. The summed E-state index contributed by atoms with van der Waals surface area (Å²) in [4.78, 5) is 11.6. The smallest absolute Gasteiger partial charge is 0.302 e. The van der Waals surface area contributed by atoms with Gasteiger partial charge in [0.1, 0.15) is 17.3 Å². The summed E-state index contributed by atoms with van der Waals surface area (Å²) in [6.07, 6.45) is 9.38. The number of ether oxygens (including phenoxy) is 3. The van der Waals surface area contributed by atoms with E-state index in [0.29, 0.717) is 24.2 Å². The van der Waals surface area contributed by atoms with E-state index < -0.39 is 23.1 Å². The van der Waals surface area contributed by atoms with Gasteiger partial charge in [-0.25, -0.2) is 0 Å². The molecule has 0 radical (unpaired) electrons. The lowest BCUT2D eigenvalue weighted by Crippen LogP contribution is -2.63. The van der Waals surface area contributed by atoms with Gasteiger partial charge in [0.2, 0.25) is 0 Å². The van der Waals surface area contributed by atoms with Gasteiger partial charge in [0, 0.05) is 25.7 Å². The fourth-order valence-electron chi connectivity index (χ4n) is 10.1. The number of aliphatic hydroxyl groups excluding tert-OH is 1. The summed E-state index contributed by atoms with van der Waals surface area (Å²) in [5.41, 5.74) is -0.195. The zero-order chi connectivity index (χ0) is 25.2. The van der Waals surface area contributed by atoms with E-state index in [1.54, 1.807) is 13.8 Å². The topological polar surface area (TPSA) is 85.2 Å². The van der Waals surface area contributed by atoms with Crippen LogP contribution in [0.4, 0.5) is 0 Å². The normalized spacial score (nSPS) is 54.7. The van der Waals surface area contributed by atoms with Crippen molar-refractivity contribution in [1.82, 2.24) is 0 Å². The molecular formula is C29H44O6. The molecule has 2 heterocycles. The Morgan fingerprint density at radius 1 is 1.17 bits per heavy atom. The van der Waals surface area contributed by atoms with Crippen molar-refractivity contribution in [3.05, 3.63) is 11.6 Å². The van der Waals surface area contributed by atoms with Crippen LogP contribution in [0.1, 0.15) is 92.9 Å². The van der Waals surface area contributed by atoms with Gasteiger partial charge in [0.05, 0.1) is 12.2 Å². The highest BCUT2D eigenvalue weighted by Gasteiger charge is 2.75. The third-order valence-corrected chi connectivity index (χ3v) is 11.8. The second-order valence-electron chi connectivity index (χ2n) is 14.0. The summed E-state index contributed by atoms with van der Waals surface area (Å²) in [7, 11) is 0. The van der Waals surface area contributed by atoms with Crippen LogP contribution in [0.25, 0.3) is 0 Å². The number of carbonyl (C=O) groups excluding carboxylic acids is 1. The van der Waals surface area contributed by atoms with Crippen molar-refractivity contribution in [3.8, 4) is 0 Å². The Morgan fingerprint density at radius 3 is 2.60 bits per heavy atom. The van der Waals surface area contributed by atoms with Crippen LogP contribution in [0.2, 0.25) is 0 Å². The molecule has 6 nitrogen and oxygen atoms in total. The Balaban J connectivity index is 1.32. The predicted molar refractivity (Wildman–Crippen MR) is 130 cm³/mol. The van der Waals surface area contributed by atoms with Crippen molar-refractivity contribution >= 4 is 5.97 Å². The number of carbonyl (C=O) groups is 1. The lowest BCUT2D eigenvalue weighted by molar-refractivity contribution is -0.384. The number of fused-ring (bicyclic) bond motifs is 10. The van der Waals surface area contributed by atoms with Gasteiger partial charge >= 0.3 is 5.97 Å². The molecule has 2 N–H and O–H groups in total. The fourth-order valence-corrected chi connectivity index (χ4v) is 10.1. The second-order valence-corrected chi connectivity index (χ2v) is 14.0. The van der Waals surface area contributed by atoms with Gasteiger partial charge in [-0.3, -0.25) is 4.79 Å². The largest absolute Gasteiger partial charge is 0.462 e. The molecule has 2 saturated heterocycles. The molecule has 0 aromatic heterocycles. The molecule has 0 spiro atoms. The number of hydrogen-bond donors (Lipinski definition) is 2. The van der Waals surface area contributed by atoms with E-state index in [4.69, 9.17) is 14.2 Å². The van der Waals surface area contributed by atoms with Crippen LogP contribution in [0.15, 0.2) is 11.6 Å². The summed E-state index contributed by atoms with van der Waals surface area (Å²) in [5.74, 6) is 0.504. The van der Waals surface area contributed by atoms with Gasteiger partial charge in [-0.1, -0.05) is 25.5 Å². The van der Waals surface area contributed by atoms with Crippen LogP contribution >= 0.6 is 0 Å². The van der Waals surface area contributed by atoms with Crippen LogP contribution in [0, 0.1) is 34.5 Å². The first-order valence-corrected chi connectivity index (χ1v) is 13.9. The highest BCUT2D eigenvalue weighted by Crippen LogP contribution is 2.71. The zero-order valence-corrected chi connectivity index (χ0v) is 22.3. The minimum absolute atomic E-state index is 0.0102. The Morgan fingerprint density at radius 2 is 1.91 bits per heavy atom. The Bertz CT molecular complexity index is 953. The maximum Gasteiger partial charge on any atom is 0.302 e. The molecule has 196 valence electrons. The van der Waals surface area contributed by atoms with E-state index >= 15 is 0 Å². The molecule has 4 aliphatic carbocycles. The zero-order valence-electron chi connectivity index (χ0n) is 22.3. The molecule has 0 aromatic carbocycles. The molecule has 2 aliphatic heterocycles. The summed E-state index contributed by atoms with van der Waals surface area (Å²) >= 11 is 0. The lowest BCUT2D eigenvalue weighted by atomic mass is 9.46. The van der Waals surface area contributed by atoms with E-state index in [2.05, 4.69) is 26.8 Å². The first-order chi connectivity index (χ1) is 16.2. The summed E-state index contributed by atoms with van der Waals surface area (Å²) in [6, 6.07) is 0. The minimum Gasteiger partial charge on any atom is -0.462 e. The molecule has 11 atom stereocenters. The molecule has 6 aliphatic rings. The van der Waals surface area contributed by atoms with Crippen LogP contribution in [-0.4, -0.2) is 51.5 Å². The van der Waals surface area contributed by atoms with Crippen molar-refractivity contribution in [1.29, 1.82) is 0 Å². The van der Waals surface area contributed by atoms with Gasteiger partial charge in [0.25, 0.3) is 0 Å². The average Bonchev–Trinajstić information content (AvgIpc) is 3.16. The SMILES string of the molecule is CC(=O)O[C@H]1CC[C@@]2(C)C(=CC[C@H]3C4C[C@@H]5O[C@@]6(C(C)(C)O)C[C@@H](O)C(C)(O6)C5[C@@]4(C)CC[C@@H]32)C1. The van der Waals surface area contributed by atoms with Crippen LogP contribution in [0.3, 0.4) is 0 Å². The van der Waals surface area contributed by atoms with E-state index in [9.17, 15) is 15.0 Å². The molecule has 0 amide bonds. The molecule has 35 heavy (non-hydrogen) atoms. The number of allylic oxidation sites excluding steroid dienone is 1. The third-order valence-electron chi connectivity index (χ3n) is 11.8. The Labute approximate surface area is 209 Å². The van der Waals surface area contributed by atoms with Gasteiger partial charge in [-0.05, 0) is 87.9 Å². The van der Waals surface area contributed by atoms with Crippen LogP contribution < -0.4 is 0 Å². The van der Waals surface area contributed by atoms with Gasteiger partial charge in [-0.15, -0.1) is 0 Å². The average molecular weight is 489 g/mol. The molecule has 6 rings (SSSR count). The van der Waals surface area contributed by atoms with E-state index in [1.807, 2.05) is 0 Å². The minimum atomic E-state index is -1.19. The highest BCUT2D eigenvalue weighted by atomic mass is 16.7. The monoisotopic (exact) mass is 488 g/mol. The first-order valence-electron chi connectivity index (χ1n) is 13.9. The van der Waals surface area contributed by atoms with Crippen LogP contribution in [0.5, 0.6) is 0 Å². The number of rotatable bonds is 2. The maximum atomic E-state index is 11.6. The number of aliphatic hydroxyl groups is 2. The summed E-state index contributed by atoms with van der Waals surface area (Å²) in [5, 5.41) is 22.3. The Hall–Kier alpha value is -0.950. The standard InChI is InChI=1S/C29H44O6/c1-16(30)33-18-9-11-26(4)17(13-18)7-8-19-20(26)10-12-27(5)21(19)14-22-24(27)28(6)23(31)15-29(34-22,35-28)25(2,3)32/h7,18-24,31-32H,8-15H2,1-6H3/t18-,19+,20-,21?,22-,23+,24?,26-,27-,28?,29-/m0/s1.